The SMILES string of the molecule is CC(Sc1ccc(NC(=O)c2cccc(Cl)c2)cc1)C(=O)Nc1nc2ccccc2s1. The van der Waals surface area contributed by atoms with E-state index in [-0.39, 0.29) is 17.1 Å². The van der Waals surface area contributed by atoms with Gasteiger partial charge in [0.1, 0.15) is 0 Å². The maximum Gasteiger partial charge on any atom is 0.255 e. The molecular formula is C23H18ClN3O2S2. The number of nitrogens with one attached hydrogen (secondary N) is 2. The number of para-hydroxylation sites is 1. The zero-order valence-corrected chi connectivity index (χ0v) is 18.9. The highest BCUT2D eigenvalue weighted by molar-refractivity contribution is 8.00. The average Bonchev–Trinajstić information content (AvgIpc) is 3.17. The smallest absolute Gasteiger partial charge is 0.255 e. The van der Waals surface area contributed by atoms with Crippen LogP contribution in [-0.4, -0.2) is 22.0 Å². The van der Waals surface area contributed by atoms with E-state index < -0.39 is 0 Å². The molecule has 0 bridgehead atoms. The Hall–Kier alpha value is -2.87. The van der Waals surface area contributed by atoms with Gasteiger partial charge in [0.2, 0.25) is 5.91 Å². The van der Waals surface area contributed by atoms with Crippen molar-refractivity contribution in [3.05, 3.63) is 83.4 Å². The van der Waals surface area contributed by atoms with Gasteiger partial charge < -0.3 is 10.6 Å². The van der Waals surface area contributed by atoms with Crippen molar-refractivity contribution in [2.45, 2.75) is 17.1 Å². The fourth-order valence-corrected chi connectivity index (χ4v) is 4.77. The number of thioether (sulfide) groups is 1. The summed E-state index contributed by atoms with van der Waals surface area (Å²) in [7, 11) is 0. The topological polar surface area (TPSA) is 71.1 Å². The predicted octanol–water partition coefficient (Wildman–Crippen LogP) is 6.32. The summed E-state index contributed by atoms with van der Waals surface area (Å²) in [6.45, 7) is 1.85. The molecule has 0 aliphatic carbocycles. The summed E-state index contributed by atoms with van der Waals surface area (Å²) in [4.78, 5) is 30.2. The molecule has 1 heterocycles. The van der Waals surface area contributed by atoms with Gasteiger partial charge in [-0.2, -0.15) is 0 Å². The van der Waals surface area contributed by atoms with Crippen molar-refractivity contribution in [2.75, 3.05) is 10.6 Å². The van der Waals surface area contributed by atoms with Gasteiger partial charge in [-0.3, -0.25) is 9.59 Å². The molecule has 156 valence electrons. The summed E-state index contributed by atoms with van der Waals surface area (Å²) in [5.74, 6) is -0.339. The van der Waals surface area contributed by atoms with Crippen LogP contribution in [0.15, 0.2) is 77.7 Å². The number of rotatable bonds is 6. The van der Waals surface area contributed by atoms with Crippen molar-refractivity contribution in [3.63, 3.8) is 0 Å². The van der Waals surface area contributed by atoms with Crippen LogP contribution < -0.4 is 10.6 Å². The lowest BCUT2D eigenvalue weighted by Crippen LogP contribution is -2.22. The molecule has 0 saturated carbocycles. The maximum atomic E-state index is 12.6. The standard InChI is InChI=1S/C23H18ClN3O2S2/c1-14(21(28)27-23-26-19-7-2-3-8-20(19)31-23)30-18-11-9-17(10-12-18)25-22(29)15-5-4-6-16(24)13-15/h2-14H,1H3,(H,25,29)(H,26,27,28). The van der Waals surface area contributed by atoms with E-state index in [1.165, 1.54) is 23.1 Å². The summed E-state index contributed by atoms with van der Waals surface area (Å²) >= 11 is 8.83. The van der Waals surface area contributed by atoms with E-state index in [1.807, 2.05) is 55.5 Å². The molecule has 1 aromatic heterocycles. The van der Waals surface area contributed by atoms with E-state index in [0.717, 1.165) is 15.1 Å². The molecule has 0 radical (unpaired) electrons. The summed E-state index contributed by atoms with van der Waals surface area (Å²) in [5.41, 5.74) is 2.03. The van der Waals surface area contributed by atoms with Crippen LogP contribution in [0.4, 0.5) is 10.8 Å². The van der Waals surface area contributed by atoms with E-state index in [9.17, 15) is 9.59 Å². The van der Waals surface area contributed by atoms with Crippen LogP contribution in [0, 0.1) is 0 Å². The van der Waals surface area contributed by atoms with Gasteiger partial charge in [-0.05, 0) is 61.5 Å². The van der Waals surface area contributed by atoms with Crippen LogP contribution in [-0.2, 0) is 4.79 Å². The van der Waals surface area contributed by atoms with Crippen molar-refractivity contribution in [2.24, 2.45) is 0 Å². The number of carbonyl (C=O) groups excluding carboxylic acids is 2. The van der Waals surface area contributed by atoms with Gasteiger partial charge >= 0.3 is 0 Å². The van der Waals surface area contributed by atoms with Gasteiger partial charge in [-0.15, -0.1) is 11.8 Å². The molecule has 1 unspecified atom stereocenters. The minimum atomic E-state index is -0.307. The van der Waals surface area contributed by atoms with E-state index in [0.29, 0.717) is 21.4 Å². The molecule has 4 rings (SSSR count). The van der Waals surface area contributed by atoms with Crippen LogP contribution in [0.3, 0.4) is 0 Å². The number of thiazole rings is 1. The first-order valence-electron chi connectivity index (χ1n) is 9.48. The highest BCUT2D eigenvalue weighted by atomic mass is 35.5. The van der Waals surface area contributed by atoms with Gasteiger partial charge in [0, 0.05) is 21.2 Å². The Morgan fingerprint density at radius 3 is 2.52 bits per heavy atom. The Balaban J connectivity index is 1.34. The lowest BCUT2D eigenvalue weighted by molar-refractivity contribution is -0.115. The van der Waals surface area contributed by atoms with Crippen molar-refractivity contribution in [3.8, 4) is 0 Å². The first-order valence-corrected chi connectivity index (χ1v) is 11.6. The molecule has 1 atom stereocenters. The molecule has 2 amide bonds. The molecule has 8 heteroatoms. The molecule has 0 aliphatic heterocycles. The van der Waals surface area contributed by atoms with Crippen LogP contribution in [0.5, 0.6) is 0 Å². The van der Waals surface area contributed by atoms with Gasteiger partial charge in [0.15, 0.2) is 5.13 Å². The van der Waals surface area contributed by atoms with Crippen LogP contribution in [0.2, 0.25) is 5.02 Å². The Morgan fingerprint density at radius 2 is 1.77 bits per heavy atom. The second kappa shape index (κ2) is 9.51. The third kappa shape index (κ3) is 5.44. The molecule has 3 aromatic carbocycles. The summed E-state index contributed by atoms with van der Waals surface area (Å²) < 4.78 is 1.04. The fourth-order valence-electron chi connectivity index (χ4n) is 2.84. The van der Waals surface area contributed by atoms with E-state index in [1.54, 1.807) is 24.3 Å². The molecule has 0 saturated heterocycles. The van der Waals surface area contributed by atoms with Crippen LogP contribution >= 0.6 is 34.7 Å². The highest BCUT2D eigenvalue weighted by Gasteiger charge is 2.16. The zero-order valence-electron chi connectivity index (χ0n) is 16.5. The lowest BCUT2D eigenvalue weighted by atomic mass is 10.2. The summed E-state index contributed by atoms with van der Waals surface area (Å²) in [5, 5.41) is 6.53. The van der Waals surface area contributed by atoms with Crippen LogP contribution in [0.25, 0.3) is 10.2 Å². The van der Waals surface area contributed by atoms with E-state index >= 15 is 0 Å². The number of fused-ring (bicyclic) bond motifs is 1. The molecular weight excluding hydrogens is 450 g/mol. The third-order valence-corrected chi connectivity index (χ3v) is 6.70. The predicted molar refractivity (Wildman–Crippen MR) is 129 cm³/mol. The minimum Gasteiger partial charge on any atom is -0.322 e. The van der Waals surface area contributed by atoms with Gasteiger partial charge in [0.05, 0.1) is 15.5 Å². The largest absolute Gasteiger partial charge is 0.322 e. The highest BCUT2D eigenvalue weighted by Crippen LogP contribution is 2.28. The third-order valence-electron chi connectivity index (χ3n) is 4.41. The number of amides is 2. The summed E-state index contributed by atoms with van der Waals surface area (Å²) in [6, 6.07) is 21.9. The van der Waals surface area contributed by atoms with Crippen molar-refractivity contribution >= 4 is 67.5 Å². The van der Waals surface area contributed by atoms with E-state index in [2.05, 4.69) is 15.6 Å². The molecule has 0 fully saturated rings. The maximum absolute atomic E-state index is 12.6. The normalized spacial score (nSPS) is 11.8. The Morgan fingerprint density at radius 1 is 1.00 bits per heavy atom. The van der Waals surface area contributed by atoms with Crippen molar-refractivity contribution < 1.29 is 9.59 Å². The Bertz CT molecular complexity index is 1210. The number of aromatic nitrogens is 1. The second-order valence-electron chi connectivity index (χ2n) is 6.72. The Labute approximate surface area is 192 Å². The van der Waals surface area contributed by atoms with Crippen molar-refractivity contribution in [1.29, 1.82) is 0 Å². The molecule has 4 aromatic rings. The number of hydrogen-bond donors (Lipinski definition) is 2. The molecule has 0 spiro atoms. The monoisotopic (exact) mass is 467 g/mol. The number of anilines is 2. The summed E-state index contributed by atoms with van der Waals surface area (Å²) in [6.07, 6.45) is 0. The van der Waals surface area contributed by atoms with Gasteiger partial charge in [-0.25, -0.2) is 4.98 Å². The molecule has 5 nitrogen and oxygen atoms in total. The van der Waals surface area contributed by atoms with Gasteiger partial charge in [0.25, 0.3) is 5.91 Å². The van der Waals surface area contributed by atoms with Crippen molar-refractivity contribution in [1.82, 2.24) is 4.98 Å². The first kappa shape index (κ1) is 21.4. The number of benzene rings is 3. The van der Waals surface area contributed by atoms with E-state index in [4.69, 9.17) is 11.6 Å². The number of halogens is 1. The first-order chi connectivity index (χ1) is 15.0. The molecule has 2 N–H and O–H groups in total. The molecule has 31 heavy (non-hydrogen) atoms. The molecule has 0 aliphatic rings. The quantitative estimate of drug-likeness (QED) is 0.325. The average molecular weight is 468 g/mol. The van der Waals surface area contributed by atoms with Gasteiger partial charge in [-0.1, -0.05) is 41.1 Å². The number of hydrogen-bond acceptors (Lipinski definition) is 5. The Kier molecular flexibility index (Phi) is 6.56. The number of nitrogens with zero attached hydrogens (tertiary/aromatic N) is 1. The van der Waals surface area contributed by atoms with Crippen LogP contribution in [0.1, 0.15) is 17.3 Å². The lowest BCUT2D eigenvalue weighted by Gasteiger charge is -2.11. The number of carbonyl (C=O) groups is 2. The second-order valence-corrected chi connectivity index (χ2v) is 9.61. The fraction of sp³-hybridized carbons (Fsp3) is 0.0870. The minimum absolute atomic E-state index is 0.109. The zero-order chi connectivity index (χ0) is 21.8.